The third kappa shape index (κ3) is 4.20. The van der Waals surface area contributed by atoms with Crippen molar-refractivity contribution in [3.63, 3.8) is 0 Å². The van der Waals surface area contributed by atoms with Crippen molar-refractivity contribution in [1.82, 2.24) is 4.90 Å². The van der Waals surface area contributed by atoms with Gasteiger partial charge in [-0.15, -0.1) is 0 Å². The Balaban J connectivity index is 2.16. The third-order valence-corrected chi connectivity index (χ3v) is 4.65. The lowest BCUT2D eigenvalue weighted by Crippen LogP contribution is -2.46. The number of carbonyl (C=O) groups excluding carboxylic acids is 1. The SMILES string of the molecule is O=C(O)C1CCCCCN1C(=O)Nc1cc(Br)ccc1Br. The first-order valence-corrected chi connectivity index (χ1v) is 8.33. The number of likely N-dealkylation sites (tertiary alicyclic amines) is 1. The van der Waals surface area contributed by atoms with E-state index in [2.05, 4.69) is 37.2 Å². The fourth-order valence-electron chi connectivity index (χ4n) is 2.39. The van der Waals surface area contributed by atoms with E-state index in [4.69, 9.17) is 0 Å². The van der Waals surface area contributed by atoms with E-state index in [1.165, 1.54) is 4.90 Å². The zero-order valence-corrected chi connectivity index (χ0v) is 14.5. The van der Waals surface area contributed by atoms with Gasteiger partial charge in [0.2, 0.25) is 0 Å². The summed E-state index contributed by atoms with van der Waals surface area (Å²) in [6.07, 6.45) is 3.12. The molecule has 1 fully saturated rings. The maximum atomic E-state index is 12.4. The minimum absolute atomic E-state index is 0.372. The molecule has 1 aromatic carbocycles. The minimum atomic E-state index is -0.944. The average Bonchev–Trinajstić information content (AvgIpc) is 2.68. The Kier molecular flexibility index (Phi) is 5.64. The first-order valence-electron chi connectivity index (χ1n) is 6.74. The predicted molar refractivity (Wildman–Crippen MR) is 87.5 cm³/mol. The lowest BCUT2D eigenvalue weighted by molar-refractivity contribution is -0.142. The van der Waals surface area contributed by atoms with E-state index in [9.17, 15) is 14.7 Å². The van der Waals surface area contributed by atoms with E-state index >= 15 is 0 Å². The number of rotatable bonds is 2. The molecule has 0 aliphatic carbocycles. The molecule has 2 amide bonds. The Hall–Kier alpha value is -1.08. The summed E-state index contributed by atoms with van der Waals surface area (Å²) in [7, 11) is 0. The van der Waals surface area contributed by atoms with Crippen molar-refractivity contribution in [3.8, 4) is 0 Å². The fourth-order valence-corrected chi connectivity index (χ4v) is 3.10. The Morgan fingerprint density at radius 3 is 2.71 bits per heavy atom. The standard InChI is InChI=1S/C14H16Br2N2O3/c15-9-5-6-10(16)11(8-9)17-14(21)18-7-3-1-2-4-12(18)13(19)20/h5-6,8,12H,1-4,7H2,(H,17,21)(H,19,20). The highest BCUT2D eigenvalue weighted by Crippen LogP contribution is 2.27. The van der Waals surface area contributed by atoms with Crippen molar-refractivity contribution in [3.05, 3.63) is 27.1 Å². The number of amides is 2. The number of halogens is 2. The van der Waals surface area contributed by atoms with E-state index < -0.39 is 12.0 Å². The smallest absolute Gasteiger partial charge is 0.326 e. The Morgan fingerprint density at radius 2 is 2.00 bits per heavy atom. The minimum Gasteiger partial charge on any atom is -0.480 e. The van der Waals surface area contributed by atoms with E-state index in [1.54, 1.807) is 6.07 Å². The van der Waals surface area contributed by atoms with Gasteiger partial charge in [-0.05, 0) is 47.0 Å². The summed E-state index contributed by atoms with van der Waals surface area (Å²) in [5, 5.41) is 12.1. The maximum absolute atomic E-state index is 12.4. The molecule has 114 valence electrons. The van der Waals surface area contributed by atoms with Crippen molar-refractivity contribution in [2.24, 2.45) is 0 Å². The Labute approximate surface area is 140 Å². The van der Waals surface area contributed by atoms with Crippen LogP contribution in [0.3, 0.4) is 0 Å². The molecule has 1 aliphatic rings. The lowest BCUT2D eigenvalue weighted by Gasteiger charge is -2.27. The zero-order chi connectivity index (χ0) is 15.4. The van der Waals surface area contributed by atoms with E-state index in [0.717, 1.165) is 28.2 Å². The number of anilines is 1. The molecule has 0 bridgehead atoms. The highest BCUT2D eigenvalue weighted by Gasteiger charge is 2.30. The Morgan fingerprint density at radius 1 is 1.24 bits per heavy atom. The van der Waals surface area contributed by atoms with Gasteiger partial charge in [-0.1, -0.05) is 28.8 Å². The van der Waals surface area contributed by atoms with Gasteiger partial charge in [-0.25, -0.2) is 9.59 Å². The van der Waals surface area contributed by atoms with Crippen LogP contribution in [0.2, 0.25) is 0 Å². The molecule has 0 aromatic heterocycles. The van der Waals surface area contributed by atoms with Crippen LogP contribution < -0.4 is 5.32 Å². The molecule has 0 radical (unpaired) electrons. The first-order chi connectivity index (χ1) is 9.99. The number of benzene rings is 1. The predicted octanol–water partition coefficient (Wildman–Crippen LogP) is 4.07. The van der Waals surface area contributed by atoms with Crippen LogP contribution in [0, 0.1) is 0 Å². The molecule has 1 heterocycles. The monoisotopic (exact) mass is 418 g/mol. The van der Waals surface area contributed by atoms with Crippen molar-refractivity contribution < 1.29 is 14.7 Å². The molecule has 1 aromatic rings. The molecule has 1 saturated heterocycles. The van der Waals surface area contributed by atoms with Gasteiger partial charge in [-0.3, -0.25) is 0 Å². The van der Waals surface area contributed by atoms with Gasteiger partial charge in [0.25, 0.3) is 0 Å². The summed E-state index contributed by atoms with van der Waals surface area (Å²) in [6, 6.07) is 4.32. The van der Waals surface area contributed by atoms with Crippen LogP contribution >= 0.6 is 31.9 Å². The average molecular weight is 420 g/mol. The molecular formula is C14H16Br2N2O3. The number of carbonyl (C=O) groups is 2. The van der Waals surface area contributed by atoms with Crippen molar-refractivity contribution in [2.75, 3.05) is 11.9 Å². The van der Waals surface area contributed by atoms with Gasteiger partial charge in [0.1, 0.15) is 6.04 Å². The zero-order valence-electron chi connectivity index (χ0n) is 11.3. The van der Waals surface area contributed by atoms with Crippen LogP contribution in [0.15, 0.2) is 27.1 Å². The Bertz CT molecular complexity index is 551. The highest BCUT2D eigenvalue weighted by atomic mass is 79.9. The molecule has 1 unspecified atom stereocenters. The van der Waals surface area contributed by atoms with E-state index in [-0.39, 0.29) is 6.03 Å². The summed E-state index contributed by atoms with van der Waals surface area (Å²) in [5.74, 6) is -0.944. The van der Waals surface area contributed by atoms with Crippen LogP contribution in [0.1, 0.15) is 25.7 Å². The maximum Gasteiger partial charge on any atom is 0.326 e. The van der Waals surface area contributed by atoms with Gasteiger partial charge >= 0.3 is 12.0 Å². The van der Waals surface area contributed by atoms with Gasteiger partial charge in [-0.2, -0.15) is 0 Å². The molecule has 2 N–H and O–H groups in total. The van der Waals surface area contributed by atoms with Crippen molar-refractivity contribution in [1.29, 1.82) is 0 Å². The molecule has 1 atom stereocenters. The summed E-state index contributed by atoms with van der Waals surface area (Å²) in [5.41, 5.74) is 0.614. The normalized spacial score (nSPS) is 19.0. The second kappa shape index (κ2) is 7.26. The van der Waals surface area contributed by atoms with Gasteiger partial charge in [0, 0.05) is 15.5 Å². The van der Waals surface area contributed by atoms with Crippen LogP contribution in [0.25, 0.3) is 0 Å². The second-order valence-corrected chi connectivity index (χ2v) is 6.72. The molecule has 2 rings (SSSR count). The van der Waals surface area contributed by atoms with Crippen LogP contribution in [0.4, 0.5) is 10.5 Å². The summed E-state index contributed by atoms with van der Waals surface area (Å²) in [4.78, 5) is 25.2. The lowest BCUT2D eigenvalue weighted by atomic mass is 10.1. The fraction of sp³-hybridized carbons (Fsp3) is 0.429. The number of nitrogens with zero attached hydrogens (tertiary/aromatic N) is 1. The van der Waals surface area contributed by atoms with Gasteiger partial charge in [0.05, 0.1) is 5.69 Å². The number of hydrogen-bond donors (Lipinski definition) is 2. The number of hydrogen-bond acceptors (Lipinski definition) is 2. The molecule has 1 aliphatic heterocycles. The molecule has 5 nitrogen and oxygen atoms in total. The molecule has 21 heavy (non-hydrogen) atoms. The molecule has 0 saturated carbocycles. The number of nitrogens with one attached hydrogen (secondary N) is 1. The quantitative estimate of drug-likeness (QED) is 0.758. The molecule has 7 heteroatoms. The van der Waals surface area contributed by atoms with E-state index in [1.807, 2.05) is 12.1 Å². The number of urea groups is 1. The first kappa shape index (κ1) is 16.3. The number of carboxylic acids is 1. The third-order valence-electron chi connectivity index (χ3n) is 3.47. The largest absolute Gasteiger partial charge is 0.480 e. The van der Waals surface area contributed by atoms with Crippen LogP contribution in [-0.2, 0) is 4.79 Å². The summed E-state index contributed by atoms with van der Waals surface area (Å²) in [6.45, 7) is 0.467. The summed E-state index contributed by atoms with van der Waals surface area (Å²) < 4.78 is 1.59. The van der Waals surface area contributed by atoms with Crippen LogP contribution in [-0.4, -0.2) is 34.6 Å². The topological polar surface area (TPSA) is 69.6 Å². The second-order valence-electron chi connectivity index (χ2n) is 4.95. The highest BCUT2D eigenvalue weighted by molar-refractivity contribution is 9.11. The van der Waals surface area contributed by atoms with E-state index in [0.29, 0.717) is 18.7 Å². The van der Waals surface area contributed by atoms with Gasteiger partial charge in [0.15, 0.2) is 0 Å². The van der Waals surface area contributed by atoms with Gasteiger partial charge < -0.3 is 15.3 Å². The number of aliphatic carboxylic acids is 1. The van der Waals surface area contributed by atoms with Crippen molar-refractivity contribution in [2.45, 2.75) is 31.7 Å². The molecule has 0 spiro atoms. The molecular weight excluding hydrogens is 404 g/mol. The summed E-state index contributed by atoms with van der Waals surface area (Å²) >= 11 is 6.72. The number of carboxylic acid groups (broad SMARTS) is 1. The van der Waals surface area contributed by atoms with Crippen LogP contribution in [0.5, 0.6) is 0 Å². The van der Waals surface area contributed by atoms with Crippen molar-refractivity contribution >= 4 is 49.5 Å².